The first-order valence-corrected chi connectivity index (χ1v) is 12.9. The molecule has 0 aromatic heterocycles. The fourth-order valence-corrected chi connectivity index (χ4v) is 5.73. The molecule has 2 aliphatic heterocycles. The van der Waals surface area contributed by atoms with Crippen molar-refractivity contribution in [3.8, 4) is 11.1 Å². The van der Waals surface area contributed by atoms with Crippen LogP contribution in [0.15, 0.2) is 72.8 Å². The fourth-order valence-electron chi connectivity index (χ4n) is 5.73. The maximum absolute atomic E-state index is 13.5. The van der Waals surface area contributed by atoms with Gasteiger partial charge in [-0.25, -0.2) is 0 Å². The molecule has 0 radical (unpaired) electrons. The molecule has 1 fully saturated rings. The van der Waals surface area contributed by atoms with Crippen molar-refractivity contribution >= 4 is 12.2 Å². The predicted molar refractivity (Wildman–Crippen MR) is 141 cm³/mol. The summed E-state index contributed by atoms with van der Waals surface area (Å²) >= 11 is 0. The molecule has 2 heterocycles. The summed E-state index contributed by atoms with van der Waals surface area (Å²) in [6.07, 6.45) is 5.56. The zero-order valence-corrected chi connectivity index (χ0v) is 20.3. The third-order valence-electron chi connectivity index (χ3n) is 7.74. The van der Waals surface area contributed by atoms with Gasteiger partial charge in [0.15, 0.2) is 0 Å². The number of aldehydes is 1. The molecule has 1 saturated heterocycles. The van der Waals surface area contributed by atoms with Crippen molar-refractivity contribution in [3.05, 3.63) is 95.1 Å². The monoisotopic (exact) mass is 466 g/mol. The van der Waals surface area contributed by atoms with Crippen LogP contribution in [0.5, 0.6) is 0 Å². The Balaban J connectivity index is 1.36. The lowest BCUT2D eigenvalue weighted by Crippen LogP contribution is -2.43. The fraction of sp³-hybridized carbons (Fsp3) is 0.355. The second-order valence-electron chi connectivity index (χ2n) is 9.87. The van der Waals surface area contributed by atoms with E-state index in [0.717, 1.165) is 68.3 Å². The van der Waals surface area contributed by atoms with E-state index in [4.69, 9.17) is 0 Å². The van der Waals surface area contributed by atoms with Gasteiger partial charge in [-0.1, -0.05) is 60.7 Å². The number of hydrogen-bond donors (Lipinski definition) is 1. The number of fused-ring (bicyclic) bond motifs is 1. The smallest absolute Gasteiger partial charge is 0.253 e. The van der Waals surface area contributed by atoms with Gasteiger partial charge in [-0.2, -0.15) is 0 Å². The molecule has 0 aliphatic carbocycles. The lowest BCUT2D eigenvalue weighted by atomic mass is 9.77. The first kappa shape index (κ1) is 23.5. The predicted octanol–water partition coefficient (Wildman–Crippen LogP) is 5.27. The number of rotatable bonds is 6. The standard InChI is InChI=1S/C31H34N2O2/c34-20-4-7-26-16-19-33(22-30(26)29-13-10-25-14-17-32-18-15-28(25)21-29)31(35)27-11-8-24(9-12-27)23-5-2-1-3-6-23/h1-3,5-6,8-13,20-21,26,30,32H,4,7,14-19,22H2. The molecule has 4 heteroatoms. The molecule has 0 bridgehead atoms. The van der Waals surface area contributed by atoms with E-state index in [2.05, 4.69) is 35.6 Å². The molecule has 35 heavy (non-hydrogen) atoms. The van der Waals surface area contributed by atoms with Gasteiger partial charge in [0.2, 0.25) is 0 Å². The van der Waals surface area contributed by atoms with Crippen molar-refractivity contribution in [2.75, 3.05) is 26.2 Å². The second-order valence-corrected chi connectivity index (χ2v) is 9.87. The lowest BCUT2D eigenvalue weighted by Gasteiger charge is -2.39. The first-order chi connectivity index (χ1) is 17.2. The van der Waals surface area contributed by atoms with Gasteiger partial charge in [-0.15, -0.1) is 0 Å². The lowest BCUT2D eigenvalue weighted by molar-refractivity contribution is -0.108. The van der Waals surface area contributed by atoms with Gasteiger partial charge in [0.25, 0.3) is 5.91 Å². The molecule has 1 amide bonds. The molecule has 4 nitrogen and oxygen atoms in total. The number of piperidine rings is 1. The Labute approximate surface area is 208 Å². The minimum atomic E-state index is 0.0995. The highest BCUT2D eigenvalue weighted by molar-refractivity contribution is 5.94. The summed E-state index contributed by atoms with van der Waals surface area (Å²) in [5.41, 5.74) is 7.20. The van der Waals surface area contributed by atoms with E-state index in [1.54, 1.807) is 0 Å². The molecule has 0 spiro atoms. The third-order valence-corrected chi connectivity index (χ3v) is 7.74. The number of benzene rings is 3. The van der Waals surface area contributed by atoms with E-state index in [9.17, 15) is 9.59 Å². The van der Waals surface area contributed by atoms with Crippen LogP contribution < -0.4 is 5.32 Å². The molecule has 1 N–H and O–H groups in total. The zero-order valence-electron chi connectivity index (χ0n) is 20.3. The molecular weight excluding hydrogens is 432 g/mol. The highest BCUT2D eigenvalue weighted by atomic mass is 16.2. The van der Waals surface area contributed by atoms with Crippen molar-refractivity contribution in [1.82, 2.24) is 10.2 Å². The molecular formula is C31H34N2O2. The van der Waals surface area contributed by atoms with Gasteiger partial charge in [0, 0.05) is 31.0 Å². The van der Waals surface area contributed by atoms with E-state index in [0.29, 0.717) is 18.9 Å². The number of carbonyl (C=O) groups is 2. The van der Waals surface area contributed by atoms with Gasteiger partial charge in [-0.05, 0) is 84.6 Å². The first-order valence-electron chi connectivity index (χ1n) is 12.9. The summed E-state index contributed by atoms with van der Waals surface area (Å²) in [5.74, 6) is 0.784. The minimum absolute atomic E-state index is 0.0995. The highest BCUT2D eigenvalue weighted by Crippen LogP contribution is 2.37. The Kier molecular flexibility index (Phi) is 7.39. The number of nitrogens with zero attached hydrogens (tertiary/aromatic N) is 1. The van der Waals surface area contributed by atoms with Crippen LogP contribution in [0, 0.1) is 5.92 Å². The van der Waals surface area contributed by atoms with E-state index < -0.39 is 0 Å². The largest absolute Gasteiger partial charge is 0.338 e. The molecule has 180 valence electrons. The minimum Gasteiger partial charge on any atom is -0.338 e. The topological polar surface area (TPSA) is 49.4 Å². The van der Waals surface area contributed by atoms with Crippen molar-refractivity contribution in [2.45, 2.75) is 38.0 Å². The van der Waals surface area contributed by atoms with Gasteiger partial charge in [-0.3, -0.25) is 4.79 Å². The van der Waals surface area contributed by atoms with Gasteiger partial charge in [0.1, 0.15) is 6.29 Å². The number of amides is 1. The summed E-state index contributed by atoms with van der Waals surface area (Å²) in [5, 5.41) is 3.49. The summed E-state index contributed by atoms with van der Waals surface area (Å²) in [6, 6.07) is 25.2. The highest BCUT2D eigenvalue weighted by Gasteiger charge is 2.33. The van der Waals surface area contributed by atoms with Crippen LogP contribution >= 0.6 is 0 Å². The summed E-state index contributed by atoms with van der Waals surface area (Å²) in [4.78, 5) is 26.6. The third kappa shape index (κ3) is 5.38. The quantitative estimate of drug-likeness (QED) is 0.504. The zero-order chi connectivity index (χ0) is 24.0. The molecule has 0 saturated carbocycles. The maximum atomic E-state index is 13.5. The normalized spacial score (nSPS) is 20.1. The summed E-state index contributed by atoms with van der Waals surface area (Å²) < 4.78 is 0. The van der Waals surface area contributed by atoms with Gasteiger partial charge < -0.3 is 15.0 Å². The van der Waals surface area contributed by atoms with Crippen LogP contribution in [0.3, 0.4) is 0 Å². The number of carbonyl (C=O) groups excluding carboxylic acids is 2. The van der Waals surface area contributed by atoms with Crippen LogP contribution in [0.25, 0.3) is 11.1 Å². The number of hydrogen-bond acceptors (Lipinski definition) is 3. The average molecular weight is 467 g/mol. The van der Waals surface area contributed by atoms with E-state index >= 15 is 0 Å². The van der Waals surface area contributed by atoms with Crippen LogP contribution in [0.4, 0.5) is 0 Å². The number of likely N-dealkylation sites (tertiary alicyclic amines) is 1. The van der Waals surface area contributed by atoms with E-state index in [1.807, 2.05) is 47.4 Å². The van der Waals surface area contributed by atoms with Crippen LogP contribution in [0.1, 0.15) is 52.2 Å². The Morgan fingerprint density at radius 3 is 2.43 bits per heavy atom. The van der Waals surface area contributed by atoms with Crippen molar-refractivity contribution in [2.24, 2.45) is 5.92 Å². The van der Waals surface area contributed by atoms with Crippen molar-refractivity contribution < 1.29 is 9.59 Å². The van der Waals surface area contributed by atoms with Crippen molar-refractivity contribution in [1.29, 1.82) is 0 Å². The van der Waals surface area contributed by atoms with Crippen LogP contribution in [-0.4, -0.2) is 43.3 Å². The molecule has 3 aromatic rings. The van der Waals surface area contributed by atoms with Gasteiger partial charge in [0.05, 0.1) is 0 Å². The number of nitrogens with one attached hydrogen (secondary N) is 1. The van der Waals surface area contributed by atoms with E-state index in [-0.39, 0.29) is 11.8 Å². The Morgan fingerprint density at radius 1 is 0.914 bits per heavy atom. The Morgan fingerprint density at radius 2 is 1.66 bits per heavy atom. The maximum Gasteiger partial charge on any atom is 0.253 e. The summed E-state index contributed by atoms with van der Waals surface area (Å²) in [6.45, 7) is 3.50. The molecule has 3 aromatic carbocycles. The average Bonchev–Trinajstić information content (AvgIpc) is 3.17. The van der Waals surface area contributed by atoms with E-state index in [1.165, 1.54) is 16.7 Å². The molecule has 2 aliphatic rings. The molecule has 2 atom stereocenters. The van der Waals surface area contributed by atoms with Crippen LogP contribution in [0.2, 0.25) is 0 Å². The van der Waals surface area contributed by atoms with Crippen molar-refractivity contribution in [3.63, 3.8) is 0 Å². The Hall–Kier alpha value is -3.24. The second kappa shape index (κ2) is 11.0. The molecule has 2 unspecified atom stereocenters. The Bertz CT molecular complexity index is 1160. The summed E-state index contributed by atoms with van der Waals surface area (Å²) in [7, 11) is 0. The molecule has 5 rings (SSSR count). The van der Waals surface area contributed by atoms with Gasteiger partial charge >= 0.3 is 0 Å². The van der Waals surface area contributed by atoms with Crippen LogP contribution in [-0.2, 0) is 17.6 Å². The SMILES string of the molecule is O=CCCC1CCN(C(=O)c2ccc(-c3ccccc3)cc2)CC1c1ccc2c(c1)CCNCC2.